The standard InChI is InChI=1S/C10H14N3O3P3/c1-6-4-9(16-7(6)5-15-18-19-17)13-3-2-8(11)12-10(13)14/h2-3,6-7,9H,4-5H2,1H3,(H2,11,12,14)/t6?,7-,9-/m1/s1. The maximum atomic E-state index is 11.7. The number of nitrogens with zero attached hydrogens (tertiary/aromatic N) is 2. The first-order valence-electron chi connectivity index (χ1n) is 5.78. The zero-order valence-corrected chi connectivity index (χ0v) is 13.0. The van der Waals surface area contributed by atoms with Crippen LogP contribution in [0.25, 0.3) is 0 Å². The molecule has 1 fully saturated rings. The summed E-state index contributed by atoms with van der Waals surface area (Å²) in [6, 6.07) is 1.59. The van der Waals surface area contributed by atoms with Crippen molar-refractivity contribution in [2.45, 2.75) is 25.7 Å². The summed E-state index contributed by atoms with van der Waals surface area (Å²) < 4.78 is 12.7. The van der Waals surface area contributed by atoms with Crippen molar-refractivity contribution in [2.75, 3.05) is 12.3 Å². The molecule has 0 spiro atoms. The average molecular weight is 317 g/mol. The number of hydrogen-bond acceptors (Lipinski definition) is 5. The van der Waals surface area contributed by atoms with Crippen LogP contribution in [-0.4, -0.2) is 22.3 Å². The molecule has 2 rings (SSSR count). The molecule has 2 heterocycles. The van der Waals surface area contributed by atoms with Gasteiger partial charge in [0.2, 0.25) is 0 Å². The van der Waals surface area contributed by atoms with Crippen LogP contribution in [0.4, 0.5) is 5.82 Å². The molecule has 1 aliphatic heterocycles. The Kier molecular flexibility index (Phi) is 5.56. The number of nitrogen functional groups attached to an aromatic ring is 1. The third-order valence-electron chi connectivity index (χ3n) is 3.03. The summed E-state index contributed by atoms with van der Waals surface area (Å²) in [7, 11) is 4.85. The molecule has 1 aromatic heterocycles. The molecule has 0 saturated carbocycles. The molecule has 1 saturated heterocycles. The molecule has 0 amide bonds. The molecule has 19 heavy (non-hydrogen) atoms. The summed E-state index contributed by atoms with van der Waals surface area (Å²) in [5.41, 5.74) is 5.08. The molecule has 1 unspecified atom stereocenters. The summed E-state index contributed by atoms with van der Waals surface area (Å²) in [4.78, 5) is 15.5. The normalized spacial score (nSPS) is 26.6. The van der Waals surface area contributed by atoms with Gasteiger partial charge in [-0.2, -0.15) is 0 Å². The molecule has 9 heteroatoms. The summed E-state index contributed by atoms with van der Waals surface area (Å²) in [6.45, 7) is 3.46. The van der Waals surface area contributed by atoms with Crippen LogP contribution < -0.4 is 11.4 Å². The van der Waals surface area contributed by atoms with E-state index in [1.54, 1.807) is 12.3 Å². The Morgan fingerprint density at radius 3 is 3.21 bits per heavy atom. The zero-order chi connectivity index (χ0) is 13.8. The van der Waals surface area contributed by atoms with E-state index in [2.05, 4.69) is 20.2 Å². The van der Waals surface area contributed by atoms with E-state index in [1.807, 2.05) is 0 Å². The summed E-state index contributed by atoms with van der Waals surface area (Å²) in [5, 5.41) is 0. The minimum atomic E-state index is -0.384. The van der Waals surface area contributed by atoms with Gasteiger partial charge in [0.1, 0.15) is 0 Å². The monoisotopic (exact) mass is 317 g/mol. The van der Waals surface area contributed by atoms with E-state index in [-0.39, 0.29) is 23.8 Å². The Bertz CT molecular complexity index is 603. The fraction of sp³-hybridized carbons (Fsp3) is 0.600. The topological polar surface area (TPSA) is 79.4 Å². The van der Waals surface area contributed by atoms with Gasteiger partial charge in [-0.1, -0.05) is 0 Å². The number of aromatic nitrogens is 2. The van der Waals surface area contributed by atoms with E-state index in [9.17, 15) is 4.79 Å². The van der Waals surface area contributed by atoms with Gasteiger partial charge in [-0.25, -0.2) is 0 Å². The predicted octanol–water partition coefficient (Wildman–Crippen LogP) is 2.81. The molecular weight excluding hydrogens is 303 g/mol. The molecule has 3 atom stereocenters. The quantitative estimate of drug-likeness (QED) is 0.864. The van der Waals surface area contributed by atoms with Gasteiger partial charge in [-0.05, 0) is 0 Å². The molecular formula is C10H14N3O3P3. The van der Waals surface area contributed by atoms with Crippen LogP contribution in [-0.2, 0) is 9.26 Å². The van der Waals surface area contributed by atoms with Crippen LogP contribution in [0.2, 0.25) is 0 Å². The second-order valence-electron chi connectivity index (χ2n) is 4.35. The zero-order valence-electron chi connectivity index (χ0n) is 10.3. The first-order valence-corrected chi connectivity index (χ1v) is 9.35. The van der Waals surface area contributed by atoms with E-state index in [4.69, 9.17) is 15.0 Å². The molecule has 1 aliphatic rings. The van der Waals surface area contributed by atoms with Crippen LogP contribution >= 0.6 is 23.4 Å². The maximum absolute atomic E-state index is 11.7. The van der Waals surface area contributed by atoms with Crippen molar-refractivity contribution in [3.8, 4) is 0 Å². The fourth-order valence-electron chi connectivity index (χ4n) is 2.02. The van der Waals surface area contributed by atoms with Crippen molar-refractivity contribution in [3.05, 3.63) is 22.7 Å². The van der Waals surface area contributed by atoms with E-state index in [0.29, 0.717) is 12.5 Å². The van der Waals surface area contributed by atoms with Gasteiger partial charge >= 0.3 is 115 Å². The number of ether oxygens (including phenoxy) is 1. The Hall–Kier alpha value is -0.240. The second kappa shape index (κ2) is 6.97. The van der Waals surface area contributed by atoms with E-state index < -0.39 is 0 Å². The Balaban J connectivity index is 2.08. The van der Waals surface area contributed by atoms with Gasteiger partial charge < -0.3 is 0 Å². The third kappa shape index (κ3) is 3.87. The summed E-state index contributed by atoms with van der Waals surface area (Å²) >= 11 is 0. The van der Waals surface area contributed by atoms with Crippen molar-refractivity contribution in [2.24, 2.45) is 5.92 Å². The Morgan fingerprint density at radius 1 is 1.74 bits per heavy atom. The van der Waals surface area contributed by atoms with Crippen molar-refractivity contribution in [1.82, 2.24) is 9.55 Å². The third-order valence-corrected chi connectivity index (χ3v) is 4.60. The number of nitrogens with two attached hydrogens (primary N) is 1. The SMILES string of the molecule is CC1C[C@H](n2ccc(N)nc2=O)O[C@@H]1COP=P#P. The van der Waals surface area contributed by atoms with Crippen molar-refractivity contribution in [3.63, 3.8) is 0 Å². The fourth-order valence-corrected chi connectivity index (χ4v) is 3.11. The average Bonchev–Trinajstić information content (AvgIpc) is 2.71. The Labute approximate surface area is 115 Å². The second-order valence-corrected chi connectivity index (χ2v) is 7.59. The van der Waals surface area contributed by atoms with Gasteiger partial charge in [0.25, 0.3) is 0 Å². The molecule has 0 bridgehead atoms. The van der Waals surface area contributed by atoms with Crippen LogP contribution in [0, 0.1) is 5.92 Å². The summed E-state index contributed by atoms with van der Waals surface area (Å²) in [5.74, 6) is 0.542. The van der Waals surface area contributed by atoms with E-state index in [0.717, 1.165) is 21.5 Å². The predicted molar refractivity (Wildman–Crippen MR) is 77.3 cm³/mol. The van der Waals surface area contributed by atoms with Gasteiger partial charge in [-0.15, -0.1) is 0 Å². The van der Waals surface area contributed by atoms with Crippen LogP contribution in [0.5, 0.6) is 0 Å². The van der Waals surface area contributed by atoms with Crippen LogP contribution in [0.15, 0.2) is 17.1 Å². The number of rotatable bonds is 4. The van der Waals surface area contributed by atoms with Crippen molar-refractivity contribution in [1.29, 1.82) is 0 Å². The van der Waals surface area contributed by atoms with Crippen molar-refractivity contribution < 1.29 is 9.26 Å². The molecule has 6 nitrogen and oxygen atoms in total. The van der Waals surface area contributed by atoms with Gasteiger partial charge in [0.15, 0.2) is 0 Å². The number of anilines is 1. The number of hydrogen-bond donors (Lipinski definition) is 1. The van der Waals surface area contributed by atoms with Gasteiger partial charge in [-0.3, -0.25) is 0 Å². The molecule has 2 N–H and O–H groups in total. The van der Waals surface area contributed by atoms with E-state index >= 15 is 0 Å². The minimum absolute atomic E-state index is 0.0166. The molecule has 0 aliphatic carbocycles. The molecule has 0 radical (unpaired) electrons. The molecule has 0 aromatic carbocycles. The van der Waals surface area contributed by atoms with Crippen LogP contribution in [0.1, 0.15) is 19.6 Å². The first-order chi connectivity index (χ1) is 9.11. The first kappa shape index (κ1) is 15.2. The molecule has 1 aromatic rings. The van der Waals surface area contributed by atoms with Gasteiger partial charge in [0, 0.05) is 0 Å². The molecule has 102 valence electrons. The Morgan fingerprint density at radius 2 is 2.53 bits per heavy atom. The van der Waals surface area contributed by atoms with E-state index in [1.165, 1.54) is 4.57 Å². The van der Waals surface area contributed by atoms with Crippen molar-refractivity contribution >= 4 is 29.2 Å². The summed E-state index contributed by atoms with van der Waals surface area (Å²) in [6.07, 6.45) is 2.07. The van der Waals surface area contributed by atoms with Crippen LogP contribution in [0.3, 0.4) is 0 Å². The van der Waals surface area contributed by atoms with Gasteiger partial charge in [0.05, 0.1) is 0 Å².